The van der Waals surface area contributed by atoms with E-state index in [0.29, 0.717) is 11.3 Å². The lowest BCUT2D eigenvalue weighted by molar-refractivity contribution is -0.132. The molecule has 0 bridgehead atoms. The molecular formula is C27H27N3O3. The Hall–Kier alpha value is -3.80. The molecule has 0 saturated carbocycles. The van der Waals surface area contributed by atoms with Gasteiger partial charge >= 0.3 is 0 Å². The van der Waals surface area contributed by atoms with Crippen LogP contribution in [0.1, 0.15) is 40.5 Å². The lowest BCUT2D eigenvalue weighted by Gasteiger charge is -2.38. The van der Waals surface area contributed by atoms with Crippen LogP contribution in [0.4, 0.5) is 11.4 Å². The van der Waals surface area contributed by atoms with Gasteiger partial charge in [-0.05, 0) is 50.1 Å². The van der Waals surface area contributed by atoms with Gasteiger partial charge in [-0.1, -0.05) is 48.0 Å². The van der Waals surface area contributed by atoms with Gasteiger partial charge in [0.15, 0.2) is 6.61 Å². The molecule has 1 saturated heterocycles. The highest BCUT2D eigenvalue weighted by Gasteiger charge is 2.35. The SMILES string of the molecule is Cc1ccc(N2C(=O)c3ccccc3N[C@H]2c2ccccc2OCC(=O)N2CCCC2)cc1. The molecule has 0 aromatic heterocycles. The molecule has 2 aliphatic heterocycles. The standard InChI is InChI=1S/C27H27N3O3/c1-19-12-14-20(15-13-19)30-26(28-23-10-4-2-8-21(23)27(30)32)22-9-3-5-11-24(22)33-18-25(31)29-16-6-7-17-29/h2-5,8-15,26,28H,6-7,16-18H2,1H3/t26-/m1/s1. The van der Waals surface area contributed by atoms with Crippen LogP contribution in [0.2, 0.25) is 0 Å². The number of hydrogen-bond donors (Lipinski definition) is 1. The Morgan fingerprint density at radius 3 is 2.45 bits per heavy atom. The summed E-state index contributed by atoms with van der Waals surface area (Å²) < 4.78 is 6.02. The van der Waals surface area contributed by atoms with Crippen LogP contribution in [0, 0.1) is 6.92 Å². The summed E-state index contributed by atoms with van der Waals surface area (Å²) in [5.74, 6) is 0.503. The molecule has 6 nitrogen and oxygen atoms in total. The summed E-state index contributed by atoms with van der Waals surface area (Å²) in [5, 5.41) is 3.52. The van der Waals surface area contributed by atoms with Crippen molar-refractivity contribution in [2.24, 2.45) is 0 Å². The lowest BCUT2D eigenvalue weighted by Crippen LogP contribution is -2.43. The minimum atomic E-state index is -0.479. The predicted octanol–water partition coefficient (Wildman–Crippen LogP) is 4.77. The van der Waals surface area contributed by atoms with Gasteiger partial charge < -0.3 is 15.0 Å². The van der Waals surface area contributed by atoms with Crippen molar-refractivity contribution in [3.05, 3.63) is 89.5 Å². The molecule has 0 spiro atoms. The summed E-state index contributed by atoms with van der Waals surface area (Å²) in [6, 6.07) is 23.0. The zero-order valence-electron chi connectivity index (χ0n) is 18.7. The molecule has 1 N–H and O–H groups in total. The lowest BCUT2D eigenvalue weighted by atomic mass is 10.0. The quantitative estimate of drug-likeness (QED) is 0.620. The molecule has 1 atom stereocenters. The minimum Gasteiger partial charge on any atom is -0.483 e. The summed E-state index contributed by atoms with van der Waals surface area (Å²) >= 11 is 0. The van der Waals surface area contributed by atoms with E-state index in [1.54, 1.807) is 4.90 Å². The fourth-order valence-corrected chi connectivity index (χ4v) is 4.48. The van der Waals surface area contributed by atoms with Crippen LogP contribution in [0.5, 0.6) is 5.75 Å². The number of nitrogens with one attached hydrogen (secondary N) is 1. The zero-order valence-corrected chi connectivity index (χ0v) is 18.7. The van der Waals surface area contributed by atoms with Crippen molar-refractivity contribution in [2.45, 2.75) is 25.9 Å². The van der Waals surface area contributed by atoms with Gasteiger partial charge in [-0.25, -0.2) is 0 Å². The maximum absolute atomic E-state index is 13.6. The number of amides is 2. The summed E-state index contributed by atoms with van der Waals surface area (Å²) in [6.45, 7) is 3.59. The number of nitrogens with zero attached hydrogens (tertiary/aromatic N) is 2. The summed E-state index contributed by atoms with van der Waals surface area (Å²) in [4.78, 5) is 29.8. The number of carbonyl (C=O) groups excluding carboxylic acids is 2. The van der Waals surface area contributed by atoms with E-state index in [-0.39, 0.29) is 18.4 Å². The van der Waals surface area contributed by atoms with Crippen LogP contribution in [-0.4, -0.2) is 36.4 Å². The topological polar surface area (TPSA) is 61.9 Å². The average Bonchev–Trinajstić information content (AvgIpc) is 3.39. The fraction of sp³-hybridized carbons (Fsp3) is 0.259. The van der Waals surface area contributed by atoms with Crippen LogP contribution >= 0.6 is 0 Å². The second kappa shape index (κ2) is 8.98. The molecule has 168 valence electrons. The van der Waals surface area contributed by atoms with Crippen molar-refractivity contribution in [1.82, 2.24) is 4.90 Å². The van der Waals surface area contributed by atoms with Gasteiger partial charge in [0.2, 0.25) is 0 Å². The molecule has 5 rings (SSSR count). The molecule has 0 aliphatic carbocycles. The van der Waals surface area contributed by atoms with Gasteiger partial charge in [-0.3, -0.25) is 14.5 Å². The molecule has 3 aromatic rings. The van der Waals surface area contributed by atoms with Crippen molar-refractivity contribution < 1.29 is 14.3 Å². The Kier molecular flexibility index (Phi) is 5.73. The van der Waals surface area contributed by atoms with E-state index in [1.807, 2.05) is 84.6 Å². The van der Waals surface area contributed by atoms with Gasteiger partial charge in [0.05, 0.1) is 5.56 Å². The van der Waals surface area contributed by atoms with Crippen LogP contribution in [0.25, 0.3) is 0 Å². The number of carbonyl (C=O) groups is 2. The highest BCUT2D eigenvalue weighted by atomic mass is 16.5. The molecular weight excluding hydrogens is 414 g/mol. The second-order valence-corrected chi connectivity index (χ2v) is 8.52. The molecule has 6 heteroatoms. The van der Waals surface area contributed by atoms with Gasteiger partial charge in [0.1, 0.15) is 11.9 Å². The van der Waals surface area contributed by atoms with E-state index in [2.05, 4.69) is 5.32 Å². The van der Waals surface area contributed by atoms with E-state index < -0.39 is 6.17 Å². The predicted molar refractivity (Wildman–Crippen MR) is 129 cm³/mol. The first-order chi connectivity index (χ1) is 16.1. The highest BCUT2D eigenvalue weighted by molar-refractivity contribution is 6.12. The Bertz CT molecular complexity index is 1170. The van der Waals surface area contributed by atoms with E-state index in [1.165, 1.54) is 0 Å². The zero-order chi connectivity index (χ0) is 22.8. The van der Waals surface area contributed by atoms with Crippen LogP contribution in [0.15, 0.2) is 72.8 Å². The Morgan fingerprint density at radius 2 is 1.67 bits per heavy atom. The molecule has 0 unspecified atom stereocenters. The van der Waals surface area contributed by atoms with Crippen molar-refractivity contribution >= 4 is 23.2 Å². The number of anilines is 2. The number of hydrogen-bond acceptors (Lipinski definition) is 4. The van der Waals surface area contributed by atoms with E-state index in [9.17, 15) is 9.59 Å². The number of ether oxygens (including phenoxy) is 1. The smallest absolute Gasteiger partial charge is 0.262 e. The largest absolute Gasteiger partial charge is 0.483 e. The molecule has 0 radical (unpaired) electrons. The highest BCUT2D eigenvalue weighted by Crippen LogP contribution is 2.39. The summed E-state index contributed by atoms with van der Waals surface area (Å²) in [7, 11) is 0. The van der Waals surface area contributed by atoms with Crippen molar-refractivity contribution in [3.8, 4) is 5.75 Å². The van der Waals surface area contributed by atoms with Gasteiger partial charge in [-0.15, -0.1) is 0 Å². The molecule has 33 heavy (non-hydrogen) atoms. The Labute approximate surface area is 193 Å². The van der Waals surface area contributed by atoms with E-state index in [4.69, 9.17) is 4.74 Å². The summed E-state index contributed by atoms with van der Waals surface area (Å²) in [6.07, 6.45) is 1.61. The molecule has 2 heterocycles. The third-order valence-electron chi connectivity index (χ3n) is 6.26. The first-order valence-corrected chi connectivity index (χ1v) is 11.4. The van der Waals surface area contributed by atoms with E-state index >= 15 is 0 Å². The Balaban J connectivity index is 1.50. The molecule has 2 aliphatic rings. The second-order valence-electron chi connectivity index (χ2n) is 8.52. The summed E-state index contributed by atoms with van der Waals surface area (Å²) in [5.41, 5.74) is 4.11. The number of likely N-dealkylation sites (tertiary alicyclic amines) is 1. The van der Waals surface area contributed by atoms with Gasteiger partial charge in [0.25, 0.3) is 11.8 Å². The average molecular weight is 442 g/mol. The third-order valence-corrected chi connectivity index (χ3v) is 6.26. The molecule has 2 amide bonds. The monoisotopic (exact) mass is 441 g/mol. The van der Waals surface area contributed by atoms with Gasteiger partial charge in [-0.2, -0.15) is 0 Å². The maximum atomic E-state index is 13.6. The van der Waals surface area contributed by atoms with Crippen molar-refractivity contribution in [2.75, 3.05) is 29.9 Å². The number of benzene rings is 3. The van der Waals surface area contributed by atoms with E-state index in [0.717, 1.165) is 48.4 Å². The number of para-hydroxylation sites is 2. The maximum Gasteiger partial charge on any atom is 0.262 e. The van der Waals surface area contributed by atoms with Crippen molar-refractivity contribution in [1.29, 1.82) is 0 Å². The van der Waals surface area contributed by atoms with Crippen LogP contribution in [0.3, 0.4) is 0 Å². The number of rotatable bonds is 5. The van der Waals surface area contributed by atoms with Gasteiger partial charge in [0, 0.05) is 30.0 Å². The first-order valence-electron chi connectivity index (χ1n) is 11.4. The van der Waals surface area contributed by atoms with Crippen LogP contribution < -0.4 is 15.0 Å². The van der Waals surface area contributed by atoms with Crippen LogP contribution in [-0.2, 0) is 4.79 Å². The molecule has 3 aromatic carbocycles. The molecule has 1 fully saturated rings. The third kappa shape index (κ3) is 4.16. The normalized spacial score (nSPS) is 17.5. The number of aryl methyl sites for hydroxylation is 1. The first kappa shape index (κ1) is 21.1. The Morgan fingerprint density at radius 1 is 0.970 bits per heavy atom. The van der Waals surface area contributed by atoms with Crippen molar-refractivity contribution in [3.63, 3.8) is 0 Å². The fourth-order valence-electron chi connectivity index (χ4n) is 4.48. The number of fused-ring (bicyclic) bond motifs is 1. The minimum absolute atomic E-state index is 0.00396.